The Balaban J connectivity index is 1.97. The van der Waals surface area contributed by atoms with Gasteiger partial charge in [-0.15, -0.1) is 0 Å². The standard InChI is InChI=1S/C13H15N5O2/c1-18-8-11(7-15-18)16-12(19)6-9-2-4-10(5-3-9)13(14)17-20/h2-5,7-8,20H,6H2,1H3,(H2,14,17)(H,16,19). The highest BCUT2D eigenvalue weighted by Crippen LogP contribution is 2.08. The van der Waals surface area contributed by atoms with Gasteiger partial charge in [0, 0.05) is 18.8 Å². The lowest BCUT2D eigenvalue weighted by molar-refractivity contribution is -0.115. The van der Waals surface area contributed by atoms with Crippen LogP contribution in [0.5, 0.6) is 0 Å². The number of nitrogens with zero attached hydrogens (tertiary/aromatic N) is 3. The molecule has 0 unspecified atom stereocenters. The number of carbonyl (C=O) groups excluding carboxylic acids is 1. The molecule has 0 bridgehead atoms. The van der Waals surface area contributed by atoms with E-state index in [4.69, 9.17) is 10.9 Å². The third kappa shape index (κ3) is 3.35. The summed E-state index contributed by atoms with van der Waals surface area (Å²) in [6.07, 6.45) is 3.55. The van der Waals surface area contributed by atoms with Gasteiger partial charge in [-0.2, -0.15) is 5.10 Å². The van der Waals surface area contributed by atoms with Crippen LogP contribution in [0.25, 0.3) is 0 Å². The Kier molecular flexibility index (Phi) is 3.99. The fraction of sp³-hybridized carbons (Fsp3) is 0.154. The van der Waals surface area contributed by atoms with Crippen molar-refractivity contribution in [2.45, 2.75) is 6.42 Å². The maximum atomic E-state index is 11.8. The zero-order chi connectivity index (χ0) is 14.5. The largest absolute Gasteiger partial charge is 0.409 e. The van der Waals surface area contributed by atoms with Crippen molar-refractivity contribution in [3.05, 3.63) is 47.8 Å². The first kappa shape index (κ1) is 13.6. The van der Waals surface area contributed by atoms with Crippen molar-refractivity contribution in [1.29, 1.82) is 0 Å². The molecule has 0 aliphatic carbocycles. The summed E-state index contributed by atoms with van der Waals surface area (Å²) >= 11 is 0. The number of carbonyl (C=O) groups is 1. The second kappa shape index (κ2) is 5.87. The second-order valence-electron chi connectivity index (χ2n) is 4.31. The smallest absolute Gasteiger partial charge is 0.228 e. The maximum Gasteiger partial charge on any atom is 0.228 e. The first-order chi connectivity index (χ1) is 9.58. The molecule has 7 heteroatoms. The molecule has 20 heavy (non-hydrogen) atoms. The lowest BCUT2D eigenvalue weighted by Crippen LogP contribution is -2.15. The van der Waals surface area contributed by atoms with Crippen LogP contribution < -0.4 is 11.1 Å². The van der Waals surface area contributed by atoms with E-state index in [1.807, 2.05) is 0 Å². The molecular formula is C13H15N5O2. The fourth-order valence-electron chi connectivity index (χ4n) is 1.73. The van der Waals surface area contributed by atoms with Gasteiger partial charge in [-0.25, -0.2) is 0 Å². The summed E-state index contributed by atoms with van der Waals surface area (Å²) in [6.45, 7) is 0. The van der Waals surface area contributed by atoms with E-state index in [0.717, 1.165) is 5.56 Å². The molecule has 0 atom stereocenters. The van der Waals surface area contributed by atoms with Gasteiger partial charge < -0.3 is 16.3 Å². The van der Waals surface area contributed by atoms with E-state index in [9.17, 15) is 4.79 Å². The second-order valence-corrected chi connectivity index (χ2v) is 4.31. The van der Waals surface area contributed by atoms with Gasteiger partial charge in [0.15, 0.2) is 5.84 Å². The monoisotopic (exact) mass is 273 g/mol. The zero-order valence-electron chi connectivity index (χ0n) is 10.9. The SMILES string of the molecule is Cn1cc(NC(=O)Cc2ccc(C(N)=NO)cc2)cn1. The van der Waals surface area contributed by atoms with Crippen molar-refractivity contribution < 1.29 is 10.0 Å². The summed E-state index contributed by atoms with van der Waals surface area (Å²) in [6, 6.07) is 6.91. The quantitative estimate of drug-likeness (QED) is 0.330. The van der Waals surface area contributed by atoms with Gasteiger partial charge in [0.25, 0.3) is 0 Å². The van der Waals surface area contributed by atoms with Gasteiger partial charge in [-0.1, -0.05) is 29.4 Å². The topological polar surface area (TPSA) is 106 Å². The van der Waals surface area contributed by atoms with Crippen molar-refractivity contribution in [3.63, 3.8) is 0 Å². The van der Waals surface area contributed by atoms with Crippen molar-refractivity contribution >= 4 is 17.4 Å². The molecule has 0 saturated carbocycles. The summed E-state index contributed by atoms with van der Waals surface area (Å²) < 4.78 is 1.61. The molecule has 0 aliphatic rings. The maximum absolute atomic E-state index is 11.8. The summed E-state index contributed by atoms with van der Waals surface area (Å²) in [4.78, 5) is 11.8. The van der Waals surface area contributed by atoms with Crippen LogP contribution in [0, 0.1) is 0 Å². The predicted molar refractivity (Wildman–Crippen MR) is 74.5 cm³/mol. The van der Waals surface area contributed by atoms with Gasteiger partial charge in [0.1, 0.15) is 0 Å². The molecule has 1 amide bonds. The minimum Gasteiger partial charge on any atom is -0.409 e. The normalized spacial score (nSPS) is 11.3. The number of nitrogens with one attached hydrogen (secondary N) is 1. The fourth-order valence-corrected chi connectivity index (χ4v) is 1.73. The number of amides is 1. The van der Waals surface area contributed by atoms with E-state index >= 15 is 0 Å². The van der Waals surface area contributed by atoms with Crippen LogP contribution in [0.15, 0.2) is 41.8 Å². The lowest BCUT2D eigenvalue weighted by atomic mass is 10.1. The van der Waals surface area contributed by atoms with E-state index in [-0.39, 0.29) is 18.2 Å². The van der Waals surface area contributed by atoms with Gasteiger partial charge in [0.05, 0.1) is 18.3 Å². The number of nitrogens with two attached hydrogens (primary N) is 1. The third-order valence-corrected chi connectivity index (χ3v) is 2.71. The van der Waals surface area contributed by atoms with E-state index in [2.05, 4.69) is 15.6 Å². The molecule has 0 radical (unpaired) electrons. The Labute approximate surface area is 115 Å². The molecule has 4 N–H and O–H groups in total. The van der Waals surface area contributed by atoms with Crippen LogP contribution in [0.2, 0.25) is 0 Å². The average molecular weight is 273 g/mol. The Hall–Kier alpha value is -2.83. The zero-order valence-corrected chi connectivity index (χ0v) is 10.9. The molecule has 1 aromatic carbocycles. The Morgan fingerprint density at radius 3 is 2.70 bits per heavy atom. The Bertz CT molecular complexity index is 630. The Morgan fingerprint density at radius 2 is 2.15 bits per heavy atom. The first-order valence-electron chi connectivity index (χ1n) is 5.94. The molecule has 1 aromatic heterocycles. The minimum atomic E-state index is -0.130. The molecule has 2 aromatic rings. The molecule has 1 heterocycles. The lowest BCUT2D eigenvalue weighted by Gasteiger charge is -2.04. The molecular weight excluding hydrogens is 258 g/mol. The van der Waals surface area contributed by atoms with Crippen LogP contribution in [-0.2, 0) is 18.3 Å². The summed E-state index contributed by atoms with van der Waals surface area (Å²) in [5, 5.41) is 18.2. The summed E-state index contributed by atoms with van der Waals surface area (Å²) in [5.41, 5.74) is 7.55. The van der Waals surface area contributed by atoms with Crippen molar-refractivity contribution in [3.8, 4) is 0 Å². The van der Waals surface area contributed by atoms with Gasteiger partial charge in [-0.05, 0) is 5.56 Å². The molecule has 2 rings (SSSR count). The van der Waals surface area contributed by atoms with Crippen LogP contribution in [0.4, 0.5) is 5.69 Å². The molecule has 0 aliphatic heterocycles. The highest BCUT2D eigenvalue weighted by molar-refractivity contribution is 5.97. The number of aromatic nitrogens is 2. The van der Waals surface area contributed by atoms with Crippen molar-refractivity contribution in [1.82, 2.24) is 9.78 Å². The molecule has 7 nitrogen and oxygen atoms in total. The number of anilines is 1. The van der Waals surface area contributed by atoms with Crippen molar-refractivity contribution in [2.75, 3.05) is 5.32 Å². The van der Waals surface area contributed by atoms with Gasteiger partial charge in [0.2, 0.25) is 5.91 Å². The molecule has 0 spiro atoms. The summed E-state index contributed by atoms with van der Waals surface area (Å²) in [7, 11) is 1.78. The molecule has 0 saturated heterocycles. The van der Waals surface area contributed by atoms with E-state index < -0.39 is 0 Å². The van der Waals surface area contributed by atoms with Crippen LogP contribution in [0.1, 0.15) is 11.1 Å². The molecule has 104 valence electrons. The van der Waals surface area contributed by atoms with Crippen LogP contribution >= 0.6 is 0 Å². The number of aryl methyl sites for hydroxylation is 1. The highest BCUT2D eigenvalue weighted by Gasteiger charge is 2.06. The first-order valence-corrected chi connectivity index (χ1v) is 5.94. The number of benzene rings is 1. The third-order valence-electron chi connectivity index (χ3n) is 2.71. The van der Waals surface area contributed by atoms with E-state index in [1.54, 1.807) is 48.4 Å². The number of rotatable bonds is 4. The van der Waals surface area contributed by atoms with Crippen LogP contribution in [-0.4, -0.2) is 26.7 Å². The van der Waals surface area contributed by atoms with Crippen molar-refractivity contribution in [2.24, 2.45) is 17.9 Å². The number of oxime groups is 1. The predicted octanol–water partition coefficient (Wildman–Crippen LogP) is 0.696. The number of amidine groups is 1. The Morgan fingerprint density at radius 1 is 1.45 bits per heavy atom. The minimum absolute atomic E-state index is 0.0383. The van der Waals surface area contributed by atoms with Gasteiger partial charge in [-0.3, -0.25) is 9.48 Å². The number of hydrogen-bond acceptors (Lipinski definition) is 4. The van der Waals surface area contributed by atoms with Crippen LogP contribution in [0.3, 0.4) is 0 Å². The van der Waals surface area contributed by atoms with Gasteiger partial charge >= 0.3 is 0 Å². The average Bonchev–Trinajstić information content (AvgIpc) is 2.84. The summed E-state index contributed by atoms with van der Waals surface area (Å²) in [5.74, 6) is -0.0918. The molecule has 0 fully saturated rings. The number of hydrogen-bond donors (Lipinski definition) is 3. The van der Waals surface area contributed by atoms with E-state index in [1.165, 1.54) is 0 Å². The van der Waals surface area contributed by atoms with E-state index in [0.29, 0.717) is 11.3 Å². The highest BCUT2D eigenvalue weighted by atomic mass is 16.4.